The van der Waals surface area contributed by atoms with Crippen LogP contribution in [0.25, 0.3) is 0 Å². The summed E-state index contributed by atoms with van der Waals surface area (Å²) >= 11 is 0. The molecule has 1 atom stereocenters. The maximum Gasteiger partial charge on any atom is 0.287 e. The Bertz CT molecular complexity index is 963. The van der Waals surface area contributed by atoms with Gasteiger partial charge in [-0.2, -0.15) is 4.31 Å². The minimum atomic E-state index is -3.71. The Balaban J connectivity index is 1.77. The number of nitrogens with two attached hydrogens (primary N) is 1. The molecule has 1 unspecified atom stereocenters. The molecule has 1 saturated heterocycles. The van der Waals surface area contributed by atoms with E-state index in [1.165, 1.54) is 17.3 Å². The molecular formula is C19H23N3O5S. The van der Waals surface area contributed by atoms with Gasteiger partial charge in [-0.3, -0.25) is 9.59 Å². The number of carbonyl (C=O) groups excluding carboxylic acids is 2. The number of primary amides is 1. The first kappa shape index (κ1) is 20.1. The van der Waals surface area contributed by atoms with Crippen molar-refractivity contribution >= 4 is 21.8 Å². The second-order valence-corrected chi connectivity index (χ2v) is 8.67. The van der Waals surface area contributed by atoms with Crippen LogP contribution in [0.3, 0.4) is 0 Å². The van der Waals surface area contributed by atoms with Crippen LogP contribution in [0.4, 0.5) is 0 Å². The molecule has 0 saturated carbocycles. The lowest BCUT2D eigenvalue weighted by molar-refractivity contribution is -0.119. The monoisotopic (exact) mass is 405 g/mol. The average molecular weight is 405 g/mol. The zero-order chi connectivity index (χ0) is 20.3. The van der Waals surface area contributed by atoms with E-state index in [1.807, 2.05) is 30.3 Å². The highest BCUT2D eigenvalue weighted by Crippen LogP contribution is 2.26. The van der Waals surface area contributed by atoms with Crippen LogP contribution >= 0.6 is 0 Å². The lowest BCUT2D eigenvalue weighted by Crippen LogP contribution is -2.45. The van der Waals surface area contributed by atoms with Gasteiger partial charge in [0.15, 0.2) is 5.76 Å². The molecule has 2 aromatic rings. The van der Waals surface area contributed by atoms with E-state index in [0.29, 0.717) is 13.1 Å². The number of carbonyl (C=O) groups is 2. The molecule has 150 valence electrons. The van der Waals surface area contributed by atoms with Crippen LogP contribution in [0.2, 0.25) is 0 Å². The Morgan fingerprint density at radius 3 is 2.46 bits per heavy atom. The van der Waals surface area contributed by atoms with Gasteiger partial charge in [-0.15, -0.1) is 0 Å². The molecule has 0 spiro atoms. The van der Waals surface area contributed by atoms with Crippen LogP contribution in [0.1, 0.15) is 34.7 Å². The van der Waals surface area contributed by atoms with E-state index in [9.17, 15) is 18.0 Å². The second-order valence-electron chi connectivity index (χ2n) is 6.76. The Morgan fingerprint density at radius 2 is 1.86 bits per heavy atom. The van der Waals surface area contributed by atoms with Gasteiger partial charge in [0, 0.05) is 25.6 Å². The molecule has 1 fully saturated rings. The summed E-state index contributed by atoms with van der Waals surface area (Å²) in [4.78, 5) is 24.3. The summed E-state index contributed by atoms with van der Waals surface area (Å²) in [5.74, 6) is -1.42. The van der Waals surface area contributed by atoms with Crippen LogP contribution in [-0.4, -0.2) is 43.7 Å². The number of sulfonamides is 1. The van der Waals surface area contributed by atoms with Crippen molar-refractivity contribution in [2.45, 2.75) is 37.1 Å². The fraction of sp³-hybridized carbons (Fsp3) is 0.368. The maximum absolute atomic E-state index is 12.7. The van der Waals surface area contributed by atoms with Gasteiger partial charge in [-0.05, 0) is 25.3 Å². The molecule has 8 nitrogen and oxygen atoms in total. The van der Waals surface area contributed by atoms with E-state index >= 15 is 0 Å². The van der Waals surface area contributed by atoms with Crippen molar-refractivity contribution in [3.8, 4) is 0 Å². The lowest BCUT2D eigenvalue weighted by Gasteiger charge is -2.14. The van der Waals surface area contributed by atoms with E-state index in [2.05, 4.69) is 5.32 Å². The first-order valence-corrected chi connectivity index (χ1v) is 10.5. The van der Waals surface area contributed by atoms with E-state index in [0.717, 1.165) is 18.4 Å². The predicted molar refractivity (Wildman–Crippen MR) is 102 cm³/mol. The maximum atomic E-state index is 12.7. The second kappa shape index (κ2) is 8.15. The van der Waals surface area contributed by atoms with Gasteiger partial charge in [0.05, 0.1) is 0 Å². The smallest absolute Gasteiger partial charge is 0.287 e. The fourth-order valence-electron chi connectivity index (χ4n) is 3.20. The minimum absolute atomic E-state index is 0.0294. The van der Waals surface area contributed by atoms with Gasteiger partial charge in [0.25, 0.3) is 5.91 Å². The molecule has 1 aromatic carbocycles. The highest BCUT2D eigenvalue weighted by Gasteiger charge is 2.32. The summed E-state index contributed by atoms with van der Waals surface area (Å²) in [6.45, 7) is 2.40. The van der Waals surface area contributed by atoms with Crippen molar-refractivity contribution in [2.75, 3.05) is 13.1 Å². The first-order valence-electron chi connectivity index (χ1n) is 9.03. The van der Waals surface area contributed by atoms with Crippen molar-refractivity contribution < 1.29 is 22.4 Å². The third-order valence-electron chi connectivity index (χ3n) is 4.71. The number of aryl methyl sites for hydroxylation is 1. The molecule has 28 heavy (non-hydrogen) atoms. The normalized spacial score (nSPS) is 16.0. The molecule has 0 aliphatic carbocycles. The van der Waals surface area contributed by atoms with Crippen molar-refractivity contribution in [1.29, 1.82) is 0 Å². The topological polar surface area (TPSA) is 123 Å². The SMILES string of the molecule is Cc1oc(C(=O)NC(Cc2ccccc2)C(N)=O)cc1S(=O)(=O)N1CCCC1. The van der Waals surface area contributed by atoms with Gasteiger partial charge >= 0.3 is 0 Å². The van der Waals surface area contributed by atoms with Gasteiger partial charge in [-0.25, -0.2) is 8.42 Å². The third-order valence-corrected chi connectivity index (χ3v) is 6.72. The molecule has 1 aromatic heterocycles. The molecular weight excluding hydrogens is 382 g/mol. The highest BCUT2D eigenvalue weighted by molar-refractivity contribution is 7.89. The Labute approximate surface area is 163 Å². The molecule has 3 N–H and O–H groups in total. The fourth-order valence-corrected chi connectivity index (χ4v) is 4.88. The number of nitrogens with zero attached hydrogens (tertiary/aromatic N) is 1. The van der Waals surface area contributed by atoms with E-state index in [1.54, 1.807) is 0 Å². The Hall–Kier alpha value is -2.65. The first-order chi connectivity index (χ1) is 13.3. The van der Waals surface area contributed by atoms with Crippen molar-refractivity contribution in [3.63, 3.8) is 0 Å². The largest absolute Gasteiger partial charge is 0.455 e. The van der Waals surface area contributed by atoms with Crippen LogP contribution in [0, 0.1) is 6.92 Å². The predicted octanol–water partition coefficient (Wildman–Crippen LogP) is 1.20. The van der Waals surface area contributed by atoms with Crippen LogP contribution in [0.15, 0.2) is 45.7 Å². The molecule has 0 radical (unpaired) electrons. The molecule has 9 heteroatoms. The quantitative estimate of drug-likeness (QED) is 0.716. The van der Waals surface area contributed by atoms with Crippen LogP contribution in [0.5, 0.6) is 0 Å². The van der Waals surface area contributed by atoms with E-state index in [-0.39, 0.29) is 22.8 Å². The van der Waals surface area contributed by atoms with Crippen LogP contribution < -0.4 is 11.1 Å². The number of benzene rings is 1. The average Bonchev–Trinajstić information content (AvgIpc) is 3.32. The highest BCUT2D eigenvalue weighted by atomic mass is 32.2. The number of hydrogen-bond donors (Lipinski definition) is 2. The number of hydrogen-bond acceptors (Lipinski definition) is 5. The molecule has 2 amide bonds. The Morgan fingerprint density at radius 1 is 1.21 bits per heavy atom. The molecule has 3 rings (SSSR count). The molecule has 1 aliphatic rings. The van der Waals surface area contributed by atoms with E-state index < -0.39 is 27.9 Å². The molecule has 1 aliphatic heterocycles. The summed E-state index contributed by atoms with van der Waals surface area (Å²) < 4.78 is 32.2. The number of amides is 2. The molecule has 0 bridgehead atoms. The summed E-state index contributed by atoms with van der Waals surface area (Å²) in [6, 6.07) is 9.38. The van der Waals surface area contributed by atoms with Gasteiger partial charge in [-0.1, -0.05) is 30.3 Å². The standard InChI is InChI=1S/C19H23N3O5S/c1-13-17(28(25,26)22-9-5-6-10-22)12-16(27-13)19(24)21-15(18(20)23)11-14-7-3-2-4-8-14/h2-4,7-8,12,15H,5-6,9-11H2,1H3,(H2,20,23)(H,21,24). The molecule has 2 heterocycles. The zero-order valence-electron chi connectivity index (χ0n) is 15.6. The van der Waals surface area contributed by atoms with Crippen molar-refractivity contribution in [2.24, 2.45) is 5.73 Å². The van der Waals surface area contributed by atoms with Gasteiger partial charge in [0.1, 0.15) is 16.7 Å². The summed E-state index contributed by atoms with van der Waals surface area (Å²) in [6.07, 6.45) is 1.84. The van der Waals surface area contributed by atoms with E-state index in [4.69, 9.17) is 10.2 Å². The third kappa shape index (κ3) is 4.26. The number of nitrogens with one attached hydrogen (secondary N) is 1. The summed E-state index contributed by atoms with van der Waals surface area (Å²) in [5, 5.41) is 2.53. The van der Waals surface area contributed by atoms with Crippen molar-refractivity contribution in [3.05, 3.63) is 53.5 Å². The zero-order valence-corrected chi connectivity index (χ0v) is 16.4. The van der Waals surface area contributed by atoms with Crippen LogP contribution in [-0.2, 0) is 21.2 Å². The number of furan rings is 1. The summed E-state index contributed by atoms with van der Waals surface area (Å²) in [5.41, 5.74) is 6.24. The number of rotatable bonds is 7. The minimum Gasteiger partial charge on any atom is -0.455 e. The van der Waals surface area contributed by atoms with Crippen molar-refractivity contribution in [1.82, 2.24) is 9.62 Å². The lowest BCUT2D eigenvalue weighted by atomic mass is 10.1. The summed E-state index contributed by atoms with van der Waals surface area (Å²) in [7, 11) is -3.71. The van der Waals surface area contributed by atoms with Gasteiger partial charge in [0.2, 0.25) is 15.9 Å². The van der Waals surface area contributed by atoms with Gasteiger partial charge < -0.3 is 15.5 Å². The Kier molecular flexibility index (Phi) is 5.85.